The Balaban J connectivity index is 2.25. The first-order valence-electron chi connectivity index (χ1n) is 7.03. The molecule has 1 N–H and O–H groups in total. The van der Waals surface area contributed by atoms with Crippen LogP contribution in [-0.4, -0.2) is 6.54 Å². The fraction of sp³-hybridized carbons (Fsp3) is 0.294. The highest BCUT2D eigenvalue weighted by atomic mass is 79.9. The molecule has 1 nitrogen and oxygen atoms in total. The van der Waals surface area contributed by atoms with Crippen LogP contribution in [0.5, 0.6) is 0 Å². The van der Waals surface area contributed by atoms with Crippen molar-refractivity contribution in [1.82, 2.24) is 5.32 Å². The molecule has 1 atom stereocenters. The lowest BCUT2D eigenvalue weighted by Gasteiger charge is -2.20. The van der Waals surface area contributed by atoms with Crippen LogP contribution in [0.25, 0.3) is 0 Å². The van der Waals surface area contributed by atoms with Gasteiger partial charge in [0, 0.05) is 16.1 Å². The summed E-state index contributed by atoms with van der Waals surface area (Å²) < 4.78 is 15.9. The van der Waals surface area contributed by atoms with Crippen molar-refractivity contribution in [3.63, 3.8) is 0 Å². The summed E-state index contributed by atoms with van der Waals surface area (Å²) in [5.41, 5.74) is 1.90. The summed E-state index contributed by atoms with van der Waals surface area (Å²) in [5, 5.41) is 3.44. The van der Waals surface area contributed by atoms with E-state index in [4.69, 9.17) is 0 Å². The van der Waals surface area contributed by atoms with Gasteiger partial charge in [-0.15, -0.1) is 0 Å². The second kappa shape index (κ2) is 8.06. The van der Waals surface area contributed by atoms with Gasteiger partial charge in [-0.2, -0.15) is 0 Å². The normalized spacial score (nSPS) is 12.4. The summed E-state index contributed by atoms with van der Waals surface area (Å²) in [5.74, 6) is -0.178. The Morgan fingerprint density at radius 2 is 1.81 bits per heavy atom. The summed E-state index contributed by atoms with van der Waals surface area (Å²) in [6.45, 7) is 2.98. The van der Waals surface area contributed by atoms with E-state index in [9.17, 15) is 4.39 Å². The van der Waals surface area contributed by atoms with E-state index in [1.807, 2.05) is 24.3 Å². The highest BCUT2D eigenvalue weighted by Gasteiger charge is 2.17. The third-order valence-electron chi connectivity index (χ3n) is 3.35. The highest BCUT2D eigenvalue weighted by Crippen LogP contribution is 2.26. The minimum atomic E-state index is -0.178. The van der Waals surface area contributed by atoms with Crippen molar-refractivity contribution in [1.29, 1.82) is 0 Å². The van der Waals surface area contributed by atoms with Crippen LogP contribution in [0.4, 0.5) is 4.39 Å². The molecule has 0 radical (unpaired) electrons. The van der Waals surface area contributed by atoms with Gasteiger partial charge in [-0.05, 0) is 59.1 Å². The maximum Gasteiger partial charge on any atom is 0.142 e. The predicted molar refractivity (Wildman–Crippen MR) is 93.0 cm³/mol. The van der Waals surface area contributed by atoms with Crippen LogP contribution < -0.4 is 5.32 Å². The first kappa shape index (κ1) is 16.7. The molecule has 2 rings (SSSR count). The molecule has 0 spiro atoms. The van der Waals surface area contributed by atoms with Crippen molar-refractivity contribution in [2.24, 2.45) is 0 Å². The van der Waals surface area contributed by atoms with Gasteiger partial charge in [-0.3, -0.25) is 0 Å². The van der Waals surface area contributed by atoms with Crippen LogP contribution in [0, 0.1) is 5.82 Å². The number of halogens is 3. The Bertz CT molecular complexity index is 584. The summed E-state index contributed by atoms with van der Waals surface area (Å²) in [7, 11) is 0. The second-order valence-corrected chi connectivity index (χ2v) is 6.75. The number of benzene rings is 2. The summed E-state index contributed by atoms with van der Waals surface area (Å²) >= 11 is 6.71. The van der Waals surface area contributed by atoms with Crippen LogP contribution >= 0.6 is 31.9 Å². The van der Waals surface area contributed by atoms with Gasteiger partial charge >= 0.3 is 0 Å². The smallest absolute Gasteiger partial charge is 0.142 e. The van der Waals surface area contributed by atoms with Gasteiger partial charge in [0.1, 0.15) is 5.82 Å². The van der Waals surface area contributed by atoms with E-state index in [1.165, 1.54) is 5.56 Å². The number of hydrogen-bond acceptors (Lipinski definition) is 1. The molecule has 0 bridgehead atoms. The van der Waals surface area contributed by atoms with Crippen LogP contribution in [-0.2, 0) is 6.42 Å². The maximum atomic E-state index is 14.4. The molecule has 0 aliphatic carbocycles. The van der Waals surface area contributed by atoms with E-state index in [1.54, 1.807) is 6.07 Å². The minimum absolute atomic E-state index is 0.0244. The lowest BCUT2D eigenvalue weighted by Crippen LogP contribution is -2.25. The SMILES string of the molecule is CCCNC(Cc1ccc(Br)cc1)c1cccc(Br)c1F. The largest absolute Gasteiger partial charge is 0.310 e. The third-order valence-corrected chi connectivity index (χ3v) is 4.49. The topological polar surface area (TPSA) is 12.0 Å². The Morgan fingerprint density at radius 3 is 2.48 bits per heavy atom. The third kappa shape index (κ3) is 4.63. The van der Waals surface area contributed by atoms with Crippen LogP contribution in [0.2, 0.25) is 0 Å². The standard InChI is InChI=1S/C17H18Br2FN/c1-2-10-21-16(11-12-6-8-13(18)9-7-12)14-4-3-5-15(19)17(14)20/h3-9,16,21H,2,10-11H2,1H3. The molecule has 112 valence electrons. The zero-order valence-corrected chi connectivity index (χ0v) is 15.0. The predicted octanol–water partition coefficient (Wildman–Crippen LogP) is 5.63. The van der Waals surface area contributed by atoms with Crippen molar-refractivity contribution in [3.8, 4) is 0 Å². The van der Waals surface area contributed by atoms with Crippen LogP contribution in [0.3, 0.4) is 0 Å². The molecule has 1 unspecified atom stereocenters. The van der Waals surface area contributed by atoms with Gasteiger partial charge in [0.2, 0.25) is 0 Å². The van der Waals surface area contributed by atoms with Gasteiger partial charge in [-0.25, -0.2) is 4.39 Å². The number of hydrogen-bond donors (Lipinski definition) is 1. The second-order valence-electron chi connectivity index (χ2n) is 4.98. The quantitative estimate of drug-likeness (QED) is 0.645. The molecule has 0 fully saturated rings. The van der Waals surface area contributed by atoms with Crippen LogP contribution in [0.1, 0.15) is 30.5 Å². The van der Waals surface area contributed by atoms with E-state index in [2.05, 4.69) is 56.2 Å². The molecule has 2 aromatic rings. The molecule has 0 aliphatic heterocycles. The lowest BCUT2D eigenvalue weighted by molar-refractivity contribution is 0.495. The van der Waals surface area contributed by atoms with E-state index in [-0.39, 0.29) is 11.9 Å². The average molecular weight is 415 g/mol. The minimum Gasteiger partial charge on any atom is -0.310 e. The molecule has 0 aliphatic rings. The van der Waals surface area contributed by atoms with Crippen molar-refractivity contribution in [2.75, 3.05) is 6.54 Å². The Kier molecular flexibility index (Phi) is 6.40. The van der Waals surface area contributed by atoms with Gasteiger partial charge in [0.15, 0.2) is 0 Å². The van der Waals surface area contributed by atoms with E-state index in [0.717, 1.165) is 23.9 Å². The van der Waals surface area contributed by atoms with Crippen LogP contribution in [0.15, 0.2) is 51.4 Å². The first-order chi connectivity index (χ1) is 10.1. The molecule has 2 aromatic carbocycles. The Morgan fingerprint density at radius 1 is 1.10 bits per heavy atom. The lowest BCUT2D eigenvalue weighted by atomic mass is 9.98. The maximum absolute atomic E-state index is 14.4. The Hall–Kier alpha value is -0.710. The fourth-order valence-corrected chi connectivity index (χ4v) is 2.90. The summed E-state index contributed by atoms with van der Waals surface area (Å²) in [4.78, 5) is 0. The van der Waals surface area contributed by atoms with Crippen molar-refractivity contribution < 1.29 is 4.39 Å². The monoisotopic (exact) mass is 413 g/mol. The van der Waals surface area contributed by atoms with E-state index >= 15 is 0 Å². The molecule has 0 amide bonds. The van der Waals surface area contributed by atoms with Gasteiger partial charge in [0.25, 0.3) is 0 Å². The molecule has 0 aromatic heterocycles. The average Bonchev–Trinajstić information content (AvgIpc) is 2.48. The van der Waals surface area contributed by atoms with E-state index < -0.39 is 0 Å². The highest BCUT2D eigenvalue weighted by molar-refractivity contribution is 9.10. The van der Waals surface area contributed by atoms with Gasteiger partial charge < -0.3 is 5.32 Å². The first-order valence-corrected chi connectivity index (χ1v) is 8.62. The molecular weight excluding hydrogens is 397 g/mol. The fourth-order valence-electron chi connectivity index (χ4n) is 2.26. The molecular formula is C17H18Br2FN. The molecule has 0 saturated heterocycles. The molecule has 21 heavy (non-hydrogen) atoms. The molecule has 4 heteroatoms. The zero-order chi connectivity index (χ0) is 15.2. The van der Waals surface area contributed by atoms with Crippen molar-refractivity contribution in [3.05, 3.63) is 68.4 Å². The molecule has 0 saturated carbocycles. The number of rotatable bonds is 6. The zero-order valence-electron chi connectivity index (χ0n) is 11.9. The van der Waals surface area contributed by atoms with Crippen molar-refractivity contribution in [2.45, 2.75) is 25.8 Å². The van der Waals surface area contributed by atoms with Gasteiger partial charge in [-0.1, -0.05) is 47.1 Å². The number of nitrogens with one attached hydrogen (secondary N) is 1. The van der Waals surface area contributed by atoms with E-state index in [0.29, 0.717) is 10.0 Å². The Labute approximate surface area is 142 Å². The van der Waals surface area contributed by atoms with Gasteiger partial charge in [0.05, 0.1) is 4.47 Å². The van der Waals surface area contributed by atoms with Crippen molar-refractivity contribution >= 4 is 31.9 Å². The summed E-state index contributed by atoms with van der Waals surface area (Å²) in [6, 6.07) is 13.6. The summed E-state index contributed by atoms with van der Waals surface area (Å²) in [6.07, 6.45) is 1.78. The molecule has 0 heterocycles.